The molecule has 3 aromatic rings. The number of methoxy groups -OCH3 is 1. The first-order chi connectivity index (χ1) is 19.2. The lowest BCUT2D eigenvalue weighted by Crippen LogP contribution is -2.48. The van der Waals surface area contributed by atoms with Crippen molar-refractivity contribution in [3.8, 4) is 5.75 Å². The summed E-state index contributed by atoms with van der Waals surface area (Å²) in [5.74, 6) is -0.231. The smallest absolute Gasteiger partial charge is 0.264 e. The number of hydrogen-bond donors (Lipinski definition) is 1. The maximum absolute atomic E-state index is 14.1. The topological polar surface area (TPSA) is 91.8 Å². The van der Waals surface area contributed by atoms with Gasteiger partial charge in [0.25, 0.3) is 15.9 Å². The molecule has 1 aliphatic rings. The van der Waals surface area contributed by atoms with Crippen molar-refractivity contribution in [2.45, 2.75) is 24.7 Å². The van der Waals surface area contributed by atoms with Crippen LogP contribution in [0.5, 0.6) is 5.75 Å². The minimum absolute atomic E-state index is 0.0542. The molecule has 0 radical (unpaired) electrons. The van der Waals surface area contributed by atoms with Crippen molar-refractivity contribution >= 4 is 44.1 Å². The molecule has 8 nitrogen and oxygen atoms in total. The van der Waals surface area contributed by atoms with Crippen LogP contribution in [0, 0.1) is 0 Å². The van der Waals surface area contributed by atoms with Gasteiger partial charge in [-0.3, -0.25) is 19.4 Å². The number of fused-ring (bicyclic) bond motifs is 1. The van der Waals surface area contributed by atoms with Gasteiger partial charge in [-0.1, -0.05) is 42.8 Å². The van der Waals surface area contributed by atoms with Crippen LogP contribution in [0.1, 0.15) is 30.1 Å². The summed E-state index contributed by atoms with van der Waals surface area (Å²) in [5, 5.41) is 1.10. The molecule has 1 aliphatic heterocycles. The van der Waals surface area contributed by atoms with Crippen LogP contribution in [-0.2, 0) is 10.0 Å². The number of nitrogens with one attached hydrogen (secondary N) is 1. The SMILES string of the molecule is CC/C=C(Cl)\C=C(\F)CCN1CCN(C(=O)c2ccc(NS(=O)(=O)c3cccc4cccnc34)cc2OC)CC1. The fraction of sp³-hybridized carbons (Fsp3) is 0.310. The second-order valence-corrected chi connectivity index (χ2v) is 11.4. The van der Waals surface area contributed by atoms with Gasteiger partial charge in [0.2, 0.25) is 0 Å². The zero-order valence-electron chi connectivity index (χ0n) is 22.4. The summed E-state index contributed by atoms with van der Waals surface area (Å²) in [5.41, 5.74) is 0.957. The number of sulfonamides is 1. The van der Waals surface area contributed by atoms with E-state index in [9.17, 15) is 17.6 Å². The molecule has 2 aromatic carbocycles. The summed E-state index contributed by atoms with van der Waals surface area (Å²) in [6.45, 7) is 4.64. The number of hydrogen-bond acceptors (Lipinski definition) is 6. The van der Waals surface area contributed by atoms with Crippen molar-refractivity contribution in [2.75, 3.05) is 44.6 Å². The van der Waals surface area contributed by atoms with Crippen molar-refractivity contribution in [3.63, 3.8) is 0 Å². The number of para-hydroxylation sites is 1. The van der Waals surface area contributed by atoms with Crippen LogP contribution in [0.3, 0.4) is 0 Å². The number of ether oxygens (including phenoxy) is 1. The molecular weight excluding hydrogens is 555 g/mol. The Morgan fingerprint density at radius 1 is 1.15 bits per heavy atom. The van der Waals surface area contributed by atoms with Gasteiger partial charge in [-0.2, -0.15) is 0 Å². The maximum atomic E-state index is 14.1. The van der Waals surface area contributed by atoms with E-state index >= 15 is 0 Å². The number of halogens is 2. The molecule has 4 rings (SSSR count). The normalized spacial score (nSPS) is 15.3. The van der Waals surface area contributed by atoms with Crippen molar-refractivity contribution in [3.05, 3.63) is 83.3 Å². The Kier molecular flexibility index (Phi) is 9.78. The fourth-order valence-corrected chi connectivity index (χ4v) is 6.02. The van der Waals surface area contributed by atoms with Gasteiger partial charge >= 0.3 is 0 Å². The van der Waals surface area contributed by atoms with E-state index in [0.29, 0.717) is 54.2 Å². The molecule has 2 heterocycles. The minimum atomic E-state index is -3.96. The maximum Gasteiger partial charge on any atom is 0.264 e. The standard InChI is InChI=1S/C29H32ClFN4O4S/c1-3-6-22(30)19-23(31)12-14-34-15-17-35(18-16-34)29(36)25-11-10-24(20-26(25)39-2)33-40(37,38)27-9-4-7-21-8-5-13-32-28(21)27/h4-11,13,19-20,33H,3,12,14-18H2,1-2H3/b22-6+,23-19+. The third-order valence-electron chi connectivity index (χ3n) is 6.59. The highest BCUT2D eigenvalue weighted by Crippen LogP contribution is 2.28. The van der Waals surface area contributed by atoms with Crippen molar-refractivity contribution < 1.29 is 22.3 Å². The first kappa shape index (κ1) is 29.5. The Hall–Kier alpha value is -3.47. The van der Waals surface area contributed by atoms with Gasteiger partial charge in [0.05, 0.1) is 23.9 Å². The Morgan fingerprint density at radius 2 is 1.90 bits per heavy atom. The zero-order chi connectivity index (χ0) is 28.7. The number of anilines is 1. The van der Waals surface area contributed by atoms with E-state index in [2.05, 4.69) is 14.6 Å². The second kappa shape index (κ2) is 13.3. The molecule has 0 unspecified atom stereocenters. The molecule has 0 bridgehead atoms. The summed E-state index contributed by atoms with van der Waals surface area (Å²) in [4.78, 5) is 21.4. The molecule has 0 atom stereocenters. The molecule has 0 saturated carbocycles. The van der Waals surface area contributed by atoms with Crippen molar-refractivity contribution in [1.82, 2.24) is 14.8 Å². The van der Waals surface area contributed by atoms with E-state index in [1.54, 1.807) is 47.5 Å². The van der Waals surface area contributed by atoms with Crippen LogP contribution < -0.4 is 9.46 Å². The Balaban J connectivity index is 1.40. The van der Waals surface area contributed by atoms with E-state index in [0.717, 1.165) is 6.42 Å². The van der Waals surface area contributed by atoms with Gasteiger partial charge in [0.15, 0.2) is 0 Å². The Morgan fingerprint density at radius 3 is 2.62 bits per heavy atom. The lowest BCUT2D eigenvalue weighted by atomic mass is 10.1. The van der Waals surface area contributed by atoms with Gasteiger partial charge in [0.1, 0.15) is 16.5 Å². The van der Waals surface area contributed by atoms with Crippen LogP contribution in [0.4, 0.5) is 10.1 Å². The summed E-state index contributed by atoms with van der Waals surface area (Å²) in [6, 6.07) is 13.1. The highest BCUT2D eigenvalue weighted by atomic mass is 35.5. The number of pyridine rings is 1. The molecule has 1 N–H and O–H groups in total. The Labute approximate surface area is 239 Å². The van der Waals surface area contributed by atoms with E-state index in [1.807, 2.05) is 6.92 Å². The molecular formula is C29H32ClFN4O4S. The quantitative estimate of drug-likeness (QED) is 0.312. The predicted octanol–water partition coefficient (Wildman–Crippen LogP) is 5.58. The summed E-state index contributed by atoms with van der Waals surface area (Å²) in [7, 11) is -2.52. The molecule has 1 fully saturated rings. The molecule has 40 heavy (non-hydrogen) atoms. The lowest BCUT2D eigenvalue weighted by Gasteiger charge is -2.34. The number of allylic oxidation sites excluding steroid dienone is 3. The Bertz CT molecular complexity index is 1530. The number of amides is 1. The molecule has 212 valence electrons. The van der Waals surface area contributed by atoms with Crippen LogP contribution >= 0.6 is 11.6 Å². The summed E-state index contributed by atoms with van der Waals surface area (Å²) < 4.78 is 48.5. The highest BCUT2D eigenvalue weighted by molar-refractivity contribution is 7.93. The molecule has 0 aliphatic carbocycles. The molecule has 1 amide bonds. The number of benzene rings is 2. The number of nitrogens with zero attached hydrogens (tertiary/aromatic N) is 3. The van der Waals surface area contributed by atoms with Crippen LogP contribution in [0.15, 0.2) is 82.6 Å². The lowest BCUT2D eigenvalue weighted by molar-refractivity contribution is 0.0633. The van der Waals surface area contributed by atoms with Gasteiger partial charge in [0, 0.05) is 61.8 Å². The molecule has 1 aromatic heterocycles. The highest BCUT2D eigenvalue weighted by Gasteiger charge is 2.25. The third kappa shape index (κ3) is 7.18. The van der Waals surface area contributed by atoms with Crippen molar-refractivity contribution in [2.24, 2.45) is 0 Å². The van der Waals surface area contributed by atoms with E-state index in [-0.39, 0.29) is 34.5 Å². The first-order valence-corrected chi connectivity index (χ1v) is 14.9. The number of aromatic nitrogens is 1. The van der Waals surface area contributed by atoms with Gasteiger partial charge < -0.3 is 9.64 Å². The largest absolute Gasteiger partial charge is 0.496 e. The average molecular weight is 587 g/mol. The van der Waals surface area contributed by atoms with Gasteiger partial charge in [-0.05, 0) is 36.8 Å². The molecule has 1 saturated heterocycles. The zero-order valence-corrected chi connectivity index (χ0v) is 24.0. The van der Waals surface area contributed by atoms with Crippen LogP contribution in [-0.4, -0.2) is 68.9 Å². The third-order valence-corrected chi connectivity index (χ3v) is 8.27. The number of piperazine rings is 1. The van der Waals surface area contributed by atoms with Crippen LogP contribution in [0.2, 0.25) is 0 Å². The van der Waals surface area contributed by atoms with Gasteiger partial charge in [-0.25, -0.2) is 12.8 Å². The number of carbonyl (C=O) groups is 1. The monoisotopic (exact) mass is 586 g/mol. The van der Waals surface area contributed by atoms with Gasteiger partial charge in [-0.15, -0.1) is 0 Å². The fourth-order valence-electron chi connectivity index (χ4n) is 4.52. The average Bonchev–Trinajstić information content (AvgIpc) is 2.95. The molecule has 11 heteroatoms. The summed E-state index contributed by atoms with van der Waals surface area (Å²) >= 11 is 5.97. The summed E-state index contributed by atoms with van der Waals surface area (Å²) in [6.07, 6.45) is 5.64. The van der Waals surface area contributed by atoms with E-state index in [4.69, 9.17) is 16.3 Å². The predicted molar refractivity (Wildman–Crippen MR) is 156 cm³/mol. The first-order valence-electron chi connectivity index (χ1n) is 13.0. The second-order valence-electron chi connectivity index (χ2n) is 9.32. The number of carbonyl (C=O) groups excluding carboxylic acids is 1. The molecule has 0 spiro atoms. The number of rotatable bonds is 10. The van der Waals surface area contributed by atoms with Crippen LogP contribution in [0.25, 0.3) is 10.9 Å². The van der Waals surface area contributed by atoms with E-state index < -0.39 is 10.0 Å². The van der Waals surface area contributed by atoms with E-state index in [1.165, 1.54) is 31.4 Å². The minimum Gasteiger partial charge on any atom is -0.496 e. The van der Waals surface area contributed by atoms with Crippen molar-refractivity contribution in [1.29, 1.82) is 0 Å².